The minimum Gasteiger partial charge on any atom is -0.321 e. The summed E-state index contributed by atoms with van der Waals surface area (Å²) in [5.41, 5.74) is -1.04. The molecule has 1 amide bonds. The summed E-state index contributed by atoms with van der Waals surface area (Å²) in [6.45, 7) is 0. The summed E-state index contributed by atoms with van der Waals surface area (Å²) in [4.78, 5) is 36.9. The molecule has 4 aromatic rings. The lowest BCUT2D eigenvalue weighted by atomic mass is 10.2. The highest BCUT2D eigenvalue weighted by atomic mass is 32.2. The van der Waals surface area contributed by atoms with Crippen LogP contribution in [0.5, 0.6) is 0 Å². The number of sulfone groups is 1. The SMILES string of the molecule is Cn1c(=O)c(=O)n(C)c2cc(S(=O)(=O)c3ccc(F)cc3)c(NC(=O)c3ccccc3)cc21. The molecule has 0 aliphatic carbocycles. The van der Waals surface area contributed by atoms with Gasteiger partial charge >= 0.3 is 11.1 Å². The number of nitrogens with zero attached hydrogens (tertiary/aromatic N) is 2. The lowest BCUT2D eigenvalue weighted by Gasteiger charge is -2.16. The monoisotopic (exact) mass is 467 g/mol. The van der Waals surface area contributed by atoms with Gasteiger partial charge in [-0.05, 0) is 48.5 Å². The number of hydrogen-bond acceptors (Lipinski definition) is 5. The van der Waals surface area contributed by atoms with Crippen LogP contribution in [0.2, 0.25) is 0 Å². The first-order valence-electron chi connectivity index (χ1n) is 9.72. The van der Waals surface area contributed by atoms with Gasteiger partial charge in [-0.3, -0.25) is 14.4 Å². The minimum atomic E-state index is -4.24. The second-order valence-electron chi connectivity index (χ2n) is 7.34. The smallest absolute Gasteiger partial charge is 0.316 e. The summed E-state index contributed by atoms with van der Waals surface area (Å²) < 4.78 is 42.4. The second kappa shape index (κ2) is 8.14. The van der Waals surface area contributed by atoms with E-state index in [0.717, 1.165) is 33.4 Å². The van der Waals surface area contributed by atoms with Crippen molar-refractivity contribution in [3.63, 3.8) is 0 Å². The topological polar surface area (TPSA) is 107 Å². The maximum Gasteiger partial charge on any atom is 0.316 e. The largest absolute Gasteiger partial charge is 0.321 e. The molecule has 1 N–H and O–H groups in total. The fraction of sp³-hybridized carbons (Fsp3) is 0.0870. The standard InChI is InChI=1S/C23H18FN3O5S/c1-26-18-12-17(25-21(28)14-6-4-3-5-7-14)20(13-19(18)27(2)23(30)22(26)29)33(31,32)16-10-8-15(24)9-11-16/h3-13H,1-2H3,(H,25,28). The summed E-state index contributed by atoms with van der Waals surface area (Å²) in [5, 5.41) is 2.59. The fourth-order valence-corrected chi connectivity index (χ4v) is 4.86. The Labute approximate surface area is 187 Å². The molecule has 0 fully saturated rings. The number of nitrogens with one attached hydrogen (secondary N) is 1. The molecule has 33 heavy (non-hydrogen) atoms. The Morgan fingerprint density at radius 3 is 1.97 bits per heavy atom. The number of anilines is 1. The van der Waals surface area contributed by atoms with Gasteiger partial charge in [0.15, 0.2) is 0 Å². The Balaban J connectivity index is 2.01. The molecule has 10 heteroatoms. The van der Waals surface area contributed by atoms with Crippen molar-refractivity contribution < 1.29 is 17.6 Å². The van der Waals surface area contributed by atoms with Gasteiger partial charge in [-0.25, -0.2) is 12.8 Å². The van der Waals surface area contributed by atoms with Gasteiger partial charge in [0.2, 0.25) is 9.84 Å². The molecule has 0 unspecified atom stereocenters. The van der Waals surface area contributed by atoms with E-state index in [2.05, 4.69) is 5.32 Å². The molecule has 0 spiro atoms. The number of carbonyl (C=O) groups excluding carboxylic acids is 1. The number of rotatable bonds is 4. The van der Waals surface area contributed by atoms with Gasteiger partial charge in [-0.15, -0.1) is 0 Å². The van der Waals surface area contributed by atoms with Gasteiger partial charge in [0.05, 0.1) is 26.5 Å². The molecule has 3 aromatic carbocycles. The van der Waals surface area contributed by atoms with E-state index in [1.54, 1.807) is 30.3 Å². The molecule has 0 bridgehead atoms. The highest BCUT2D eigenvalue weighted by molar-refractivity contribution is 7.91. The number of benzene rings is 3. The Bertz CT molecular complexity index is 1620. The van der Waals surface area contributed by atoms with Gasteiger partial charge in [-0.2, -0.15) is 0 Å². The Kier molecular flexibility index (Phi) is 5.46. The Morgan fingerprint density at radius 2 is 1.39 bits per heavy atom. The zero-order valence-electron chi connectivity index (χ0n) is 17.6. The molecular formula is C23H18FN3O5S. The lowest BCUT2D eigenvalue weighted by molar-refractivity contribution is 0.102. The van der Waals surface area contributed by atoms with Crippen LogP contribution >= 0.6 is 0 Å². The Morgan fingerprint density at radius 1 is 0.848 bits per heavy atom. The summed E-state index contributed by atoms with van der Waals surface area (Å²) in [6.07, 6.45) is 0. The van der Waals surface area contributed by atoms with Gasteiger partial charge in [0.25, 0.3) is 5.91 Å². The van der Waals surface area contributed by atoms with Gasteiger partial charge < -0.3 is 14.5 Å². The molecule has 168 valence electrons. The maximum atomic E-state index is 13.4. The summed E-state index contributed by atoms with van der Waals surface area (Å²) in [6, 6.07) is 14.9. The summed E-state index contributed by atoms with van der Waals surface area (Å²) in [7, 11) is -1.51. The van der Waals surface area contributed by atoms with Crippen molar-refractivity contribution in [3.05, 3.63) is 98.8 Å². The van der Waals surface area contributed by atoms with Crippen LogP contribution in [0.3, 0.4) is 0 Å². The van der Waals surface area contributed by atoms with Crippen molar-refractivity contribution in [3.8, 4) is 0 Å². The first-order chi connectivity index (χ1) is 15.6. The molecule has 0 aliphatic heterocycles. The van der Waals surface area contributed by atoms with E-state index in [1.165, 1.54) is 26.2 Å². The molecular weight excluding hydrogens is 449 g/mol. The van der Waals surface area contributed by atoms with E-state index in [1.807, 2.05) is 0 Å². The molecule has 1 aromatic heterocycles. The van der Waals surface area contributed by atoms with Crippen molar-refractivity contribution in [2.45, 2.75) is 9.79 Å². The van der Waals surface area contributed by atoms with E-state index in [9.17, 15) is 27.2 Å². The van der Waals surface area contributed by atoms with Crippen LogP contribution in [-0.2, 0) is 23.9 Å². The van der Waals surface area contributed by atoms with Crippen molar-refractivity contribution >= 4 is 32.5 Å². The van der Waals surface area contributed by atoms with Crippen LogP contribution in [-0.4, -0.2) is 23.5 Å². The first kappa shape index (κ1) is 22.2. The third-order valence-corrected chi connectivity index (χ3v) is 7.10. The van der Waals surface area contributed by atoms with Gasteiger partial charge in [0, 0.05) is 19.7 Å². The molecule has 0 aliphatic rings. The maximum absolute atomic E-state index is 13.4. The highest BCUT2D eigenvalue weighted by Gasteiger charge is 2.25. The van der Waals surface area contributed by atoms with E-state index in [-0.39, 0.29) is 32.1 Å². The van der Waals surface area contributed by atoms with Crippen LogP contribution in [0.25, 0.3) is 11.0 Å². The Hall–Kier alpha value is -4.05. The van der Waals surface area contributed by atoms with Gasteiger partial charge in [-0.1, -0.05) is 18.2 Å². The van der Waals surface area contributed by atoms with Crippen molar-refractivity contribution in [1.29, 1.82) is 0 Å². The van der Waals surface area contributed by atoms with E-state index in [4.69, 9.17) is 0 Å². The number of aryl methyl sites for hydroxylation is 2. The number of aromatic nitrogens is 2. The van der Waals surface area contributed by atoms with Crippen LogP contribution in [0.4, 0.5) is 10.1 Å². The molecule has 8 nitrogen and oxygen atoms in total. The molecule has 0 radical (unpaired) electrons. The molecule has 0 saturated heterocycles. The van der Waals surface area contributed by atoms with E-state index < -0.39 is 32.7 Å². The van der Waals surface area contributed by atoms with Crippen molar-refractivity contribution in [2.24, 2.45) is 14.1 Å². The number of carbonyl (C=O) groups is 1. The highest BCUT2D eigenvalue weighted by Crippen LogP contribution is 2.31. The predicted molar refractivity (Wildman–Crippen MR) is 121 cm³/mol. The molecule has 1 heterocycles. The average Bonchev–Trinajstić information content (AvgIpc) is 2.81. The van der Waals surface area contributed by atoms with Crippen molar-refractivity contribution in [2.75, 3.05) is 5.32 Å². The van der Waals surface area contributed by atoms with Crippen molar-refractivity contribution in [1.82, 2.24) is 9.13 Å². The van der Waals surface area contributed by atoms with Crippen LogP contribution in [0.1, 0.15) is 10.4 Å². The van der Waals surface area contributed by atoms with Crippen LogP contribution in [0.15, 0.2) is 86.1 Å². The number of fused-ring (bicyclic) bond motifs is 1. The zero-order valence-corrected chi connectivity index (χ0v) is 18.4. The second-order valence-corrected chi connectivity index (χ2v) is 9.26. The quantitative estimate of drug-likeness (QED) is 0.367. The van der Waals surface area contributed by atoms with Gasteiger partial charge in [0.1, 0.15) is 5.82 Å². The molecule has 4 rings (SSSR count). The third kappa shape index (κ3) is 3.85. The fourth-order valence-electron chi connectivity index (χ4n) is 3.45. The lowest BCUT2D eigenvalue weighted by Crippen LogP contribution is -2.39. The third-order valence-electron chi connectivity index (χ3n) is 5.29. The minimum absolute atomic E-state index is 0.0886. The average molecular weight is 467 g/mol. The summed E-state index contributed by atoms with van der Waals surface area (Å²) >= 11 is 0. The van der Waals surface area contributed by atoms with E-state index >= 15 is 0 Å². The normalized spacial score (nSPS) is 11.5. The molecule has 0 atom stereocenters. The summed E-state index contributed by atoms with van der Waals surface area (Å²) in [5.74, 6) is -1.18. The van der Waals surface area contributed by atoms with Crippen LogP contribution < -0.4 is 16.4 Å². The number of halogens is 1. The predicted octanol–water partition coefficient (Wildman–Crippen LogP) is 2.46. The number of hydrogen-bond donors (Lipinski definition) is 1. The zero-order chi connectivity index (χ0) is 23.9. The van der Waals surface area contributed by atoms with E-state index in [0.29, 0.717) is 0 Å². The molecule has 0 saturated carbocycles. The van der Waals surface area contributed by atoms with Crippen LogP contribution in [0, 0.1) is 5.82 Å². The number of amides is 1. The first-order valence-corrected chi connectivity index (χ1v) is 11.2.